The summed E-state index contributed by atoms with van der Waals surface area (Å²) in [6.45, 7) is 1.18. The van der Waals surface area contributed by atoms with Crippen LogP contribution in [0.25, 0.3) is 0 Å². The van der Waals surface area contributed by atoms with Gasteiger partial charge in [0.15, 0.2) is 18.0 Å². The lowest BCUT2D eigenvalue weighted by Crippen LogP contribution is -2.17. The van der Waals surface area contributed by atoms with Crippen molar-refractivity contribution in [3.63, 3.8) is 0 Å². The van der Waals surface area contributed by atoms with Crippen molar-refractivity contribution in [2.75, 3.05) is 0 Å². The second-order valence-electron chi connectivity index (χ2n) is 6.18. The first-order chi connectivity index (χ1) is 11.5. The molecule has 0 fully saturated rings. The Bertz CT molecular complexity index is 599. The minimum atomic E-state index is -4.96. The van der Waals surface area contributed by atoms with Crippen LogP contribution in [0.2, 0.25) is 0 Å². The largest absolute Gasteiger partial charge is 0.435 e. The van der Waals surface area contributed by atoms with Gasteiger partial charge in [-0.3, -0.25) is 4.68 Å². The summed E-state index contributed by atoms with van der Waals surface area (Å²) >= 11 is 0. The Morgan fingerprint density at radius 2 is 1.72 bits per heavy atom. The lowest BCUT2D eigenvalue weighted by Gasteiger charge is -2.14. The molecule has 10 heteroatoms. The van der Waals surface area contributed by atoms with Crippen LogP contribution in [0.5, 0.6) is 0 Å². The number of rotatable bonds is 7. The lowest BCUT2D eigenvalue weighted by molar-refractivity contribution is -0.143. The van der Waals surface area contributed by atoms with Crippen molar-refractivity contribution in [2.45, 2.75) is 76.1 Å². The van der Waals surface area contributed by atoms with Crippen LogP contribution in [0.3, 0.4) is 0 Å². The molecule has 1 aliphatic carbocycles. The van der Waals surface area contributed by atoms with Crippen LogP contribution in [0.15, 0.2) is 0 Å². The minimum absolute atomic E-state index is 0.157. The molecule has 1 aromatic heterocycles. The summed E-state index contributed by atoms with van der Waals surface area (Å²) in [6.07, 6.45) is -12.1. The van der Waals surface area contributed by atoms with E-state index in [0.29, 0.717) is 4.68 Å². The van der Waals surface area contributed by atoms with E-state index in [2.05, 4.69) is 5.10 Å². The fourth-order valence-corrected chi connectivity index (χ4v) is 2.92. The number of fused-ring (bicyclic) bond motifs is 1. The standard InChI is InChI=1S/C15H19F7N2O/c1-2-14(18,19)6-4-3-5-7-24-11-8(12(25)10(17)9(11)16)13(23-24)15(20,21)22/h9-10,12,25H,2-7H2,1H3/t9-,10+,12-/m0/s1. The summed E-state index contributed by atoms with van der Waals surface area (Å²) in [5.74, 6) is -2.79. The third-order valence-electron chi connectivity index (χ3n) is 4.37. The normalized spacial score (nSPS) is 24.0. The van der Waals surface area contributed by atoms with Crippen molar-refractivity contribution < 1.29 is 35.8 Å². The topological polar surface area (TPSA) is 38.0 Å². The highest BCUT2D eigenvalue weighted by Crippen LogP contribution is 2.48. The van der Waals surface area contributed by atoms with Crippen molar-refractivity contribution in [1.29, 1.82) is 0 Å². The second-order valence-corrected chi connectivity index (χ2v) is 6.18. The summed E-state index contributed by atoms with van der Waals surface area (Å²) in [5.41, 5.74) is -2.99. The highest BCUT2D eigenvalue weighted by molar-refractivity contribution is 5.38. The fourth-order valence-electron chi connectivity index (χ4n) is 2.92. The number of aliphatic hydroxyl groups is 1. The van der Waals surface area contributed by atoms with Gasteiger partial charge in [0, 0.05) is 24.9 Å². The molecule has 0 unspecified atom stereocenters. The summed E-state index contributed by atoms with van der Waals surface area (Å²) < 4.78 is 93.3. The summed E-state index contributed by atoms with van der Waals surface area (Å²) in [4.78, 5) is 0. The van der Waals surface area contributed by atoms with Gasteiger partial charge in [-0.25, -0.2) is 17.6 Å². The Labute approximate surface area is 139 Å². The zero-order valence-corrected chi connectivity index (χ0v) is 13.5. The predicted octanol–water partition coefficient (Wildman–Crippen LogP) is 4.90. The molecule has 1 aromatic rings. The van der Waals surface area contributed by atoms with E-state index >= 15 is 0 Å². The van der Waals surface area contributed by atoms with E-state index in [1.54, 1.807) is 0 Å². The van der Waals surface area contributed by atoms with Gasteiger partial charge in [-0.15, -0.1) is 0 Å². The van der Waals surface area contributed by atoms with E-state index in [1.165, 1.54) is 6.92 Å². The molecule has 0 aliphatic heterocycles. The number of unbranched alkanes of at least 4 members (excludes halogenated alkanes) is 2. The number of aliphatic hydroxyl groups excluding tert-OH is 1. The molecule has 3 nitrogen and oxygen atoms in total. The van der Waals surface area contributed by atoms with E-state index in [9.17, 15) is 35.8 Å². The van der Waals surface area contributed by atoms with Gasteiger partial charge in [-0.2, -0.15) is 18.3 Å². The molecule has 0 amide bonds. The predicted molar refractivity (Wildman–Crippen MR) is 74.6 cm³/mol. The van der Waals surface area contributed by atoms with Crippen LogP contribution < -0.4 is 0 Å². The number of aromatic nitrogens is 2. The average Bonchev–Trinajstić information content (AvgIpc) is 3.00. The monoisotopic (exact) mass is 376 g/mol. The van der Waals surface area contributed by atoms with Crippen LogP contribution in [-0.4, -0.2) is 27.0 Å². The van der Waals surface area contributed by atoms with E-state index in [-0.39, 0.29) is 38.6 Å². The van der Waals surface area contributed by atoms with Crippen molar-refractivity contribution in [1.82, 2.24) is 9.78 Å². The Morgan fingerprint density at radius 3 is 2.28 bits per heavy atom. The Hall–Kier alpha value is -1.32. The molecule has 144 valence electrons. The quantitative estimate of drug-likeness (QED) is 0.543. The smallest absolute Gasteiger partial charge is 0.385 e. The molecule has 0 aromatic carbocycles. The molecule has 1 N–H and O–H groups in total. The molecular weight excluding hydrogens is 357 g/mol. The highest BCUT2D eigenvalue weighted by Gasteiger charge is 2.51. The summed E-state index contributed by atoms with van der Waals surface area (Å²) in [7, 11) is 0. The zero-order valence-electron chi connectivity index (χ0n) is 13.5. The van der Waals surface area contributed by atoms with Crippen LogP contribution in [-0.2, 0) is 12.7 Å². The van der Waals surface area contributed by atoms with E-state index in [1.807, 2.05) is 0 Å². The van der Waals surface area contributed by atoms with Crippen molar-refractivity contribution >= 4 is 0 Å². The molecule has 0 saturated carbocycles. The maximum Gasteiger partial charge on any atom is 0.435 e. The maximum absolute atomic E-state index is 13.9. The number of nitrogens with zero attached hydrogens (tertiary/aromatic N) is 2. The molecule has 0 bridgehead atoms. The van der Waals surface area contributed by atoms with Crippen molar-refractivity contribution in [2.24, 2.45) is 0 Å². The van der Waals surface area contributed by atoms with Gasteiger partial charge in [-0.05, 0) is 12.8 Å². The van der Waals surface area contributed by atoms with Gasteiger partial charge in [0.1, 0.15) is 6.10 Å². The van der Waals surface area contributed by atoms with Gasteiger partial charge in [0.25, 0.3) is 0 Å². The zero-order chi connectivity index (χ0) is 19.0. The highest BCUT2D eigenvalue weighted by atomic mass is 19.4. The van der Waals surface area contributed by atoms with Gasteiger partial charge in [0.05, 0.1) is 5.69 Å². The van der Waals surface area contributed by atoms with Gasteiger partial charge in [-0.1, -0.05) is 13.3 Å². The number of halogens is 7. The Kier molecular flexibility index (Phi) is 5.70. The molecule has 0 radical (unpaired) electrons. The van der Waals surface area contributed by atoms with Crippen LogP contribution >= 0.6 is 0 Å². The van der Waals surface area contributed by atoms with Crippen LogP contribution in [0.4, 0.5) is 30.7 Å². The fraction of sp³-hybridized carbons (Fsp3) is 0.800. The van der Waals surface area contributed by atoms with E-state index in [4.69, 9.17) is 0 Å². The average molecular weight is 376 g/mol. The maximum atomic E-state index is 13.9. The molecule has 3 atom stereocenters. The third kappa shape index (κ3) is 4.09. The SMILES string of the molecule is CCC(F)(F)CCCCCn1nc(C(F)(F)F)c2c1[C@@H](F)[C@@H](F)[C@H]2O. The number of hydrogen-bond acceptors (Lipinski definition) is 2. The second kappa shape index (κ2) is 7.13. The third-order valence-corrected chi connectivity index (χ3v) is 4.37. The molecule has 25 heavy (non-hydrogen) atoms. The number of aryl methyl sites for hydroxylation is 1. The van der Waals surface area contributed by atoms with Gasteiger partial charge < -0.3 is 5.11 Å². The molecule has 0 saturated heterocycles. The Morgan fingerprint density at radius 1 is 1.08 bits per heavy atom. The minimum Gasteiger partial charge on any atom is -0.385 e. The molecular formula is C15H19F7N2O. The first-order valence-electron chi connectivity index (χ1n) is 8.01. The molecule has 1 heterocycles. The van der Waals surface area contributed by atoms with E-state index < -0.39 is 47.5 Å². The van der Waals surface area contributed by atoms with Crippen LogP contribution in [0, 0.1) is 0 Å². The number of alkyl halides is 7. The van der Waals surface area contributed by atoms with Crippen LogP contribution in [0.1, 0.15) is 68.3 Å². The van der Waals surface area contributed by atoms with Crippen molar-refractivity contribution in [3.05, 3.63) is 17.0 Å². The number of hydrogen-bond donors (Lipinski definition) is 1. The first kappa shape index (κ1) is 20.0. The van der Waals surface area contributed by atoms with Gasteiger partial charge in [0.2, 0.25) is 5.92 Å². The Balaban J connectivity index is 2.09. The lowest BCUT2D eigenvalue weighted by atomic mass is 10.1. The summed E-state index contributed by atoms with van der Waals surface area (Å²) in [6, 6.07) is 0. The van der Waals surface area contributed by atoms with E-state index in [0.717, 1.165) is 0 Å². The van der Waals surface area contributed by atoms with Gasteiger partial charge >= 0.3 is 6.18 Å². The molecule has 2 rings (SSSR count). The van der Waals surface area contributed by atoms with Crippen molar-refractivity contribution in [3.8, 4) is 0 Å². The molecule has 0 spiro atoms. The first-order valence-corrected chi connectivity index (χ1v) is 8.01. The molecule has 1 aliphatic rings. The summed E-state index contributed by atoms with van der Waals surface area (Å²) in [5, 5.41) is 12.8.